The standard InChI is InChI=1S/C28H27F2N7O/c29-22-12-17(3-4-18(22)14-31)27-34-26-25(36-10-1-2-19(32)15-36)7-9-33-28(26)37(27)24-6-5-20(13-23(24)30)35-11-8-21(38)16-35/h3-7,9,12-13,19,21,38H,1-2,8,10-11,15-16,32H2. The highest BCUT2D eigenvalue weighted by Gasteiger charge is 2.26. The highest BCUT2D eigenvalue weighted by atomic mass is 19.1. The zero-order valence-electron chi connectivity index (χ0n) is 20.7. The van der Waals surface area contributed by atoms with Crippen LogP contribution in [0.3, 0.4) is 0 Å². The minimum atomic E-state index is -0.679. The summed E-state index contributed by atoms with van der Waals surface area (Å²) in [6, 6.07) is 12.9. The molecule has 4 heterocycles. The summed E-state index contributed by atoms with van der Waals surface area (Å²) in [5.41, 5.74) is 9.28. The van der Waals surface area contributed by atoms with Gasteiger partial charge in [-0.1, -0.05) is 0 Å². The number of hydrogen-bond donors (Lipinski definition) is 2. The van der Waals surface area contributed by atoms with Gasteiger partial charge in [-0.25, -0.2) is 18.7 Å². The van der Waals surface area contributed by atoms with E-state index in [-0.39, 0.29) is 17.3 Å². The summed E-state index contributed by atoms with van der Waals surface area (Å²) in [4.78, 5) is 13.5. The number of benzene rings is 2. The van der Waals surface area contributed by atoms with Crippen LogP contribution in [0.25, 0.3) is 28.2 Å². The smallest absolute Gasteiger partial charge is 0.167 e. The molecule has 0 saturated carbocycles. The molecule has 4 aromatic rings. The number of anilines is 2. The van der Waals surface area contributed by atoms with Crippen LogP contribution >= 0.6 is 0 Å². The fraction of sp³-hybridized carbons (Fsp3) is 0.321. The summed E-state index contributed by atoms with van der Waals surface area (Å²) in [7, 11) is 0. The van der Waals surface area contributed by atoms with Crippen molar-refractivity contribution in [3.63, 3.8) is 0 Å². The van der Waals surface area contributed by atoms with Crippen molar-refractivity contribution in [3.05, 3.63) is 65.9 Å². The molecule has 6 rings (SSSR count). The number of fused-ring (bicyclic) bond motifs is 1. The number of nitriles is 1. The molecule has 2 aliphatic rings. The van der Waals surface area contributed by atoms with Crippen molar-refractivity contribution in [1.29, 1.82) is 5.26 Å². The third kappa shape index (κ3) is 4.23. The fourth-order valence-corrected chi connectivity index (χ4v) is 5.46. The first-order valence-electron chi connectivity index (χ1n) is 12.7. The number of piperidine rings is 1. The van der Waals surface area contributed by atoms with E-state index >= 15 is 4.39 Å². The van der Waals surface area contributed by atoms with Crippen LogP contribution in [-0.2, 0) is 0 Å². The highest BCUT2D eigenvalue weighted by molar-refractivity contribution is 5.90. The van der Waals surface area contributed by atoms with Crippen molar-refractivity contribution in [3.8, 4) is 23.1 Å². The topological polar surface area (TPSA) is 107 Å². The first-order valence-corrected chi connectivity index (χ1v) is 12.7. The lowest BCUT2D eigenvalue weighted by atomic mass is 10.1. The molecule has 0 spiro atoms. The summed E-state index contributed by atoms with van der Waals surface area (Å²) < 4.78 is 32.1. The van der Waals surface area contributed by atoms with Gasteiger partial charge in [-0.05, 0) is 61.7 Å². The van der Waals surface area contributed by atoms with Gasteiger partial charge in [0.15, 0.2) is 5.65 Å². The minimum Gasteiger partial charge on any atom is -0.391 e. The molecule has 2 saturated heterocycles. The highest BCUT2D eigenvalue weighted by Crippen LogP contribution is 2.35. The molecule has 2 unspecified atom stereocenters. The van der Waals surface area contributed by atoms with E-state index in [1.807, 2.05) is 17.0 Å². The van der Waals surface area contributed by atoms with Crippen molar-refractivity contribution < 1.29 is 13.9 Å². The number of imidazole rings is 1. The zero-order valence-corrected chi connectivity index (χ0v) is 20.7. The van der Waals surface area contributed by atoms with Crippen molar-refractivity contribution in [1.82, 2.24) is 14.5 Å². The van der Waals surface area contributed by atoms with Gasteiger partial charge in [-0.15, -0.1) is 0 Å². The van der Waals surface area contributed by atoms with Crippen LogP contribution in [0.15, 0.2) is 48.7 Å². The van der Waals surface area contributed by atoms with E-state index in [0.29, 0.717) is 54.3 Å². The Bertz CT molecular complexity index is 1560. The third-order valence-electron chi connectivity index (χ3n) is 7.37. The van der Waals surface area contributed by atoms with Crippen LogP contribution in [0.2, 0.25) is 0 Å². The van der Waals surface area contributed by atoms with Crippen LogP contribution in [0, 0.1) is 23.0 Å². The van der Waals surface area contributed by atoms with Crippen LogP contribution in [0.4, 0.5) is 20.2 Å². The first-order chi connectivity index (χ1) is 18.4. The minimum absolute atomic E-state index is 0.0373. The molecule has 2 fully saturated rings. The molecule has 3 N–H and O–H groups in total. The summed E-state index contributed by atoms with van der Waals surface area (Å²) in [5.74, 6) is -0.860. The quantitative estimate of drug-likeness (QED) is 0.426. The Kier molecular flexibility index (Phi) is 6.18. The van der Waals surface area contributed by atoms with Crippen LogP contribution < -0.4 is 15.5 Å². The molecule has 0 bridgehead atoms. The van der Waals surface area contributed by atoms with E-state index in [0.717, 1.165) is 25.1 Å². The van der Waals surface area contributed by atoms with E-state index in [4.69, 9.17) is 10.7 Å². The predicted octanol–water partition coefficient (Wildman–Crippen LogP) is 3.74. The van der Waals surface area contributed by atoms with Gasteiger partial charge < -0.3 is 20.6 Å². The van der Waals surface area contributed by atoms with Crippen LogP contribution in [-0.4, -0.2) is 58.0 Å². The number of rotatable bonds is 4. The molecule has 0 amide bonds. The second-order valence-electron chi connectivity index (χ2n) is 9.95. The zero-order chi connectivity index (χ0) is 26.4. The van der Waals surface area contributed by atoms with Gasteiger partial charge >= 0.3 is 0 Å². The number of aliphatic hydroxyl groups excluding tert-OH is 1. The largest absolute Gasteiger partial charge is 0.391 e. The molecule has 194 valence electrons. The molecule has 2 atom stereocenters. The molecule has 8 nitrogen and oxygen atoms in total. The molecular formula is C28H27F2N7O. The number of aliphatic hydroxyl groups is 1. The number of nitrogens with two attached hydrogens (primary N) is 1. The van der Waals surface area contributed by atoms with E-state index < -0.39 is 17.7 Å². The maximum absolute atomic E-state index is 15.8. The second kappa shape index (κ2) is 9.67. The Morgan fingerprint density at radius 3 is 2.55 bits per heavy atom. The Hall–Kier alpha value is -4.07. The molecule has 0 radical (unpaired) electrons. The van der Waals surface area contributed by atoms with Gasteiger partial charge in [0.05, 0.1) is 23.0 Å². The lowest BCUT2D eigenvalue weighted by Gasteiger charge is -2.32. The normalized spacial score (nSPS) is 19.8. The van der Waals surface area contributed by atoms with Crippen LogP contribution in [0.1, 0.15) is 24.8 Å². The summed E-state index contributed by atoms with van der Waals surface area (Å²) in [5, 5.41) is 19.1. The number of aromatic nitrogens is 3. The number of β-amino-alcohol motifs (C(OH)–C–C–N with tert-alkyl or cyclic N) is 1. The Morgan fingerprint density at radius 1 is 0.974 bits per heavy atom. The number of hydrogen-bond acceptors (Lipinski definition) is 7. The molecule has 2 aromatic carbocycles. The third-order valence-corrected chi connectivity index (χ3v) is 7.37. The van der Waals surface area contributed by atoms with Crippen molar-refractivity contribution in [2.75, 3.05) is 36.0 Å². The SMILES string of the molecule is N#Cc1ccc(-c2nc3c(N4CCCC(N)C4)ccnc3n2-c2ccc(N3CCC(O)C3)cc2F)cc1F. The molecule has 2 aliphatic heterocycles. The van der Waals surface area contributed by atoms with Gasteiger partial charge in [-0.2, -0.15) is 5.26 Å². The monoisotopic (exact) mass is 515 g/mol. The van der Waals surface area contributed by atoms with Crippen molar-refractivity contribution in [2.24, 2.45) is 5.73 Å². The van der Waals surface area contributed by atoms with Crippen molar-refractivity contribution in [2.45, 2.75) is 31.4 Å². The van der Waals surface area contributed by atoms with E-state index in [1.165, 1.54) is 18.2 Å². The summed E-state index contributed by atoms with van der Waals surface area (Å²) >= 11 is 0. The predicted molar refractivity (Wildman–Crippen MR) is 141 cm³/mol. The summed E-state index contributed by atoms with van der Waals surface area (Å²) in [6.45, 7) is 2.57. The van der Waals surface area contributed by atoms with Crippen molar-refractivity contribution >= 4 is 22.5 Å². The molecule has 38 heavy (non-hydrogen) atoms. The van der Waals surface area contributed by atoms with Gasteiger partial charge in [0.25, 0.3) is 0 Å². The number of pyridine rings is 1. The Labute approximate surface area is 218 Å². The Balaban J connectivity index is 1.54. The first kappa shape index (κ1) is 24.3. The van der Waals surface area contributed by atoms with E-state index in [1.54, 1.807) is 29.0 Å². The Morgan fingerprint density at radius 2 is 1.84 bits per heavy atom. The lowest BCUT2D eigenvalue weighted by Crippen LogP contribution is -2.42. The number of halogens is 2. The lowest BCUT2D eigenvalue weighted by molar-refractivity contribution is 0.198. The molecule has 2 aromatic heterocycles. The average Bonchev–Trinajstić information content (AvgIpc) is 3.52. The maximum atomic E-state index is 15.8. The van der Waals surface area contributed by atoms with Gasteiger partial charge in [0.1, 0.15) is 29.0 Å². The maximum Gasteiger partial charge on any atom is 0.167 e. The van der Waals surface area contributed by atoms with Gasteiger partial charge in [0.2, 0.25) is 0 Å². The fourth-order valence-electron chi connectivity index (χ4n) is 5.46. The average molecular weight is 516 g/mol. The summed E-state index contributed by atoms with van der Waals surface area (Å²) in [6.07, 6.45) is 3.76. The second-order valence-corrected chi connectivity index (χ2v) is 9.95. The van der Waals surface area contributed by atoms with E-state index in [9.17, 15) is 14.8 Å². The van der Waals surface area contributed by atoms with Gasteiger partial charge in [0, 0.05) is 49.7 Å². The molecule has 10 heteroatoms. The van der Waals surface area contributed by atoms with Crippen LogP contribution in [0.5, 0.6) is 0 Å². The number of nitrogens with zero attached hydrogens (tertiary/aromatic N) is 6. The van der Waals surface area contributed by atoms with E-state index in [2.05, 4.69) is 9.88 Å². The molecule has 0 aliphatic carbocycles. The molecular weight excluding hydrogens is 488 g/mol. The van der Waals surface area contributed by atoms with Gasteiger partial charge in [-0.3, -0.25) is 4.57 Å².